The molecular weight excluding hydrogens is 588 g/mol. The zero-order valence-corrected chi connectivity index (χ0v) is 23.8. The Labute approximate surface area is 238 Å². The first kappa shape index (κ1) is 28.0. The van der Waals surface area contributed by atoms with E-state index in [1.54, 1.807) is 56.7 Å². The lowest BCUT2D eigenvalue weighted by molar-refractivity contribution is -0.136. The number of carbonyl (C=O) groups excluding carboxylic acids is 3. The van der Waals surface area contributed by atoms with Crippen molar-refractivity contribution in [3.05, 3.63) is 87.0 Å². The highest BCUT2D eigenvalue weighted by atomic mass is 79.9. The maximum absolute atomic E-state index is 13.3. The van der Waals surface area contributed by atoms with E-state index in [1.165, 1.54) is 4.68 Å². The van der Waals surface area contributed by atoms with Crippen LogP contribution in [0.2, 0.25) is 5.02 Å². The average molecular weight is 614 g/mol. The summed E-state index contributed by atoms with van der Waals surface area (Å²) in [5, 5.41) is 6.55. The lowest BCUT2D eigenvalue weighted by Crippen LogP contribution is -2.40. The Morgan fingerprint density at radius 3 is 2.41 bits per heavy atom. The maximum Gasteiger partial charge on any atom is 0.328 e. The SMILES string of the molecule is COc1ccc(CCNC(=O)C(=O)Nn2c(C(=O)Nc3ccc(Br)cc3C)cc3cc(Cl)ccc32)cc1OC. The Hall–Kier alpha value is -4.02. The van der Waals surface area contributed by atoms with E-state index in [9.17, 15) is 14.4 Å². The zero-order valence-electron chi connectivity index (χ0n) is 21.4. The van der Waals surface area contributed by atoms with Crippen LogP contribution >= 0.6 is 27.5 Å². The number of methoxy groups -OCH3 is 2. The smallest absolute Gasteiger partial charge is 0.328 e. The van der Waals surface area contributed by atoms with Crippen molar-refractivity contribution in [2.75, 3.05) is 31.5 Å². The van der Waals surface area contributed by atoms with Crippen molar-refractivity contribution in [2.45, 2.75) is 13.3 Å². The number of ether oxygens (including phenoxy) is 2. The van der Waals surface area contributed by atoms with Gasteiger partial charge in [-0.25, -0.2) is 4.68 Å². The highest BCUT2D eigenvalue weighted by molar-refractivity contribution is 9.10. The molecule has 0 unspecified atom stereocenters. The number of halogens is 2. The van der Waals surface area contributed by atoms with Crippen LogP contribution in [0.3, 0.4) is 0 Å². The number of nitrogens with zero attached hydrogens (tertiary/aromatic N) is 1. The number of aryl methyl sites for hydroxylation is 1. The number of amides is 3. The Balaban J connectivity index is 1.49. The van der Waals surface area contributed by atoms with Crippen LogP contribution < -0.4 is 25.5 Å². The van der Waals surface area contributed by atoms with Gasteiger partial charge in [-0.05, 0) is 79.1 Å². The second-order valence-electron chi connectivity index (χ2n) is 8.62. The first-order valence-corrected chi connectivity index (χ1v) is 13.1. The van der Waals surface area contributed by atoms with E-state index in [2.05, 4.69) is 32.0 Å². The van der Waals surface area contributed by atoms with Crippen LogP contribution in [0.25, 0.3) is 10.9 Å². The standard InChI is InChI=1S/C28H26BrClN4O5/c1-16-12-19(29)5-7-21(16)32-26(35)23-15-18-14-20(30)6-8-22(18)34(23)33-28(37)27(36)31-11-10-17-4-9-24(38-2)25(13-17)39-3/h4-9,12-15H,10-11H2,1-3H3,(H,31,36)(H,32,35)(H,33,37). The van der Waals surface area contributed by atoms with Gasteiger partial charge in [0, 0.05) is 27.1 Å². The van der Waals surface area contributed by atoms with Gasteiger partial charge in [0.25, 0.3) is 5.91 Å². The number of hydrogen-bond acceptors (Lipinski definition) is 5. The van der Waals surface area contributed by atoms with Crippen LogP contribution in [-0.4, -0.2) is 43.2 Å². The molecule has 0 atom stereocenters. The molecule has 3 aromatic carbocycles. The molecule has 0 bridgehead atoms. The fourth-order valence-corrected chi connectivity index (χ4v) is 4.67. The zero-order chi connectivity index (χ0) is 28.1. The topological polar surface area (TPSA) is 111 Å². The molecule has 0 saturated heterocycles. The van der Waals surface area contributed by atoms with E-state index in [4.69, 9.17) is 21.1 Å². The van der Waals surface area contributed by atoms with E-state index >= 15 is 0 Å². The molecule has 0 aliphatic heterocycles. The third-order valence-electron chi connectivity index (χ3n) is 6.00. The highest BCUT2D eigenvalue weighted by Gasteiger charge is 2.21. The highest BCUT2D eigenvalue weighted by Crippen LogP contribution is 2.28. The molecule has 202 valence electrons. The van der Waals surface area contributed by atoms with Gasteiger partial charge in [-0.1, -0.05) is 33.6 Å². The number of rotatable bonds is 8. The quantitative estimate of drug-likeness (QED) is 0.241. The van der Waals surface area contributed by atoms with Crippen LogP contribution in [0.1, 0.15) is 21.6 Å². The van der Waals surface area contributed by atoms with Gasteiger partial charge < -0.3 is 20.1 Å². The molecule has 9 nitrogen and oxygen atoms in total. The van der Waals surface area contributed by atoms with Crippen molar-refractivity contribution in [3.63, 3.8) is 0 Å². The number of benzene rings is 3. The molecule has 4 rings (SSSR count). The first-order chi connectivity index (χ1) is 18.7. The van der Waals surface area contributed by atoms with E-state index in [-0.39, 0.29) is 12.2 Å². The van der Waals surface area contributed by atoms with Crippen molar-refractivity contribution in [1.29, 1.82) is 0 Å². The van der Waals surface area contributed by atoms with E-state index in [1.807, 2.05) is 25.1 Å². The molecule has 0 spiro atoms. The van der Waals surface area contributed by atoms with Crippen molar-refractivity contribution in [3.8, 4) is 11.5 Å². The van der Waals surface area contributed by atoms with Crippen LogP contribution in [0, 0.1) is 6.92 Å². The summed E-state index contributed by atoms with van der Waals surface area (Å²) in [6, 6.07) is 17.4. The molecule has 4 aromatic rings. The van der Waals surface area contributed by atoms with Crippen LogP contribution in [0.15, 0.2) is 65.1 Å². The third kappa shape index (κ3) is 6.52. The summed E-state index contributed by atoms with van der Waals surface area (Å²) < 4.78 is 12.7. The monoisotopic (exact) mass is 612 g/mol. The fraction of sp³-hybridized carbons (Fsp3) is 0.179. The number of anilines is 1. The molecule has 0 radical (unpaired) electrons. The van der Waals surface area contributed by atoms with Gasteiger partial charge in [0.15, 0.2) is 11.5 Å². The Kier molecular flexibility index (Phi) is 8.78. The van der Waals surface area contributed by atoms with Crippen molar-refractivity contribution >= 4 is 61.8 Å². The summed E-state index contributed by atoms with van der Waals surface area (Å²) in [5.41, 5.74) is 5.52. The Bertz CT molecular complexity index is 1570. The summed E-state index contributed by atoms with van der Waals surface area (Å²) in [6.07, 6.45) is 0.463. The number of hydrogen-bond donors (Lipinski definition) is 3. The minimum atomic E-state index is -0.927. The van der Waals surface area contributed by atoms with Crippen molar-refractivity contribution < 1.29 is 23.9 Å². The van der Waals surface area contributed by atoms with Crippen LogP contribution in [-0.2, 0) is 16.0 Å². The van der Waals surface area contributed by atoms with Crippen molar-refractivity contribution in [1.82, 2.24) is 9.99 Å². The van der Waals surface area contributed by atoms with Gasteiger partial charge in [0.05, 0.1) is 19.7 Å². The molecule has 11 heteroatoms. The predicted octanol–water partition coefficient (Wildman–Crippen LogP) is 5.06. The summed E-state index contributed by atoms with van der Waals surface area (Å²) in [7, 11) is 3.09. The lowest BCUT2D eigenvalue weighted by atomic mass is 10.1. The van der Waals surface area contributed by atoms with Crippen LogP contribution in [0.5, 0.6) is 11.5 Å². The average Bonchev–Trinajstić information content (AvgIpc) is 3.27. The third-order valence-corrected chi connectivity index (χ3v) is 6.73. The molecule has 3 amide bonds. The number of aromatic nitrogens is 1. The number of carbonyl (C=O) groups is 3. The molecular formula is C28H26BrClN4O5. The van der Waals surface area contributed by atoms with Gasteiger partial charge in [-0.15, -0.1) is 0 Å². The molecule has 1 aromatic heterocycles. The predicted molar refractivity (Wildman–Crippen MR) is 154 cm³/mol. The second kappa shape index (κ2) is 12.2. The van der Waals surface area contributed by atoms with E-state index in [0.29, 0.717) is 39.5 Å². The molecule has 0 saturated carbocycles. The summed E-state index contributed by atoms with van der Waals surface area (Å²) in [6.45, 7) is 2.07. The second-order valence-corrected chi connectivity index (χ2v) is 9.97. The minimum absolute atomic E-state index is 0.126. The van der Waals surface area contributed by atoms with E-state index in [0.717, 1.165) is 15.6 Å². The lowest BCUT2D eigenvalue weighted by Gasteiger charge is -2.14. The molecule has 0 aliphatic carbocycles. The number of fused-ring (bicyclic) bond motifs is 1. The van der Waals surface area contributed by atoms with Gasteiger partial charge in [-0.3, -0.25) is 19.8 Å². The minimum Gasteiger partial charge on any atom is -0.493 e. The molecule has 0 aliphatic rings. The molecule has 1 heterocycles. The first-order valence-electron chi connectivity index (χ1n) is 11.9. The Morgan fingerprint density at radius 2 is 1.69 bits per heavy atom. The summed E-state index contributed by atoms with van der Waals surface area (Å²) >= 11 is 9.55. The van der Waals surface area contributed by atoms with Gasteiger partial charge in [0.2, 0.25) is 0 Å². The van der Waals surface area contributed by atoms with Crippen LogP contribution in [0.4, 0.5) is 5.69 Å². The molecule has 3 N–H and O–H groups in total. The van der Waals surface area contributed by atoms with E-state index < -0.39 is 17.7 Å². The molecule has 0 fully saturated rings. The Morgan fingerprint density at radius 1 is 0.923 bits per heavy atom. The normalized spacial score (nSPS) is 10.7. The largest absolute Gasteiger partial charge is 0.493 e. The fourth-order valence-electron chi connectivity index (χ4n) is 4.02. The molecule has 39 heavy (non-hydrogen) atoms. The van der Waals surface area contributed by atoms with Gasteiger partial charge in [0.1, 0.15) is 5.69 Å². The van der Waals surface area contributed by atoms with Gasteiger partial charge in [-0.2, -0.15) is 0 Å². The number of nitrogens with one attached hydrogen (secondary N) is 3. The van der Waals surface area contributed by atoms with Gasteiger partial charge >= 0.3 is 11.8 Å². The van der Waals surface area contributed by atoms with Crippen molar-refractivity contribution in [2.24, 2.45) is 0 Å². The maximum atomic E-state index is 13.3. The summed E-state index contributed by atoms with van der Waals surface area (Å²) in [5.74, 6) is -1.07. The summed E-state index contributed by atoms with van der Waals surface area (Å²) in [4.78, 5) is 38.7.